The number of hydrogen-bond donors (Lipinski definition) is 0. The van der Waals surface area contributed by atoms with Gasteiger partial charge in [-0.1, -0.05) is 24.3 Å². The topological polar surface area (TPSA) is 90.3 Å². The Hall–Kier alpha value is -4.40. The Morgan fingerprint density at radius 3 is 1.97 bits per heavy atom. The summed E-state index contributed by atoms with van der Waals surface area (Å²) in [6.45, 7) is 2.67. The average Bonchev–Trinajstić information content (AvgIpc) is 2.89. The number of pyridine rings is 1. The minimum atomic E-state index is -0.760. The van der Waals surface area contributed by atoms with E-state index in [0.717, 1.165) is 22.6 Å². The lowest BCUT2D eigenvalue weighted by molar-refractivity contribution is 0.112. The summed E-state index contributed by atoms with van der Waals surface area (Å²) in [5, 5.41) is 0. The van der Waals surface area contributed by atoms with Gasteiger partial charge in [-0.25, -0.2) is 9.97 Å². The van der Waals surface area contributed by atoms with E-state index in [4.69, 9.17) is 9.47 Å². The Balaban J connectivity index is 1.74. The van der Waals surface area contributed by atoms with Crippen molar-refractivity contribution in [1.82, 2.24) is 19.9 Å². The molecule has 4 rings (SSSR count). The molecule has 178 valence electrons. The van der Waals surface area contributed by atoms with Crippen LogP contribution in [-0.4, -0.2) is 40.4 Å². The van der Waals surface area contributed by atoms with E-state index in [1.54, 1.807) is 21.1 Å². The summed E-state index contributed by atoms with van der Waals surface area (Å²) in [6, 6.07) is 16.8. The molecule has 0 radical (unpaired) electrons. The van der Waals surface area contributed by atoms with Crippen LogP contribution >= 0.6 is 0 Å². The first-order valence-corrected chi connectivity index (χ1v) is 10.8. The van der Waals surface area contributed by atoms with Crippen molar-refractivity contribution in [3.8, 4) is 22.9 Å². The average molecular weight is 474 g/mol. The highest BCUT2D eigenvalue weighted by Crippen LogP contribution is 2.24. The smallest absolute Gasteiger partial charge is 0.229 e. The Labute approximate surface area is 202 Å². The van der Waals surface area contributed by atoms with Gasteiger partial charge in [0, 0.05) is 24.8 Å². The van der Waals surface area contributed by atoms with Gasteiger partial charge in [0.05, 0.1) is 19.8 Å². The molecular formula is C26H24FN5O3. The standard InChI is InChI=1S/C26H24FN5O3/c1-17-29-25(23-12-20(16-33)13-28-24(23)27)31-26(30-17)32(14-18-4-8-21(34-2)9-5-18)15-19-6-10-22(35-3)11-7-19/h4-13,16H,14-15H2,1-3H3. The van der Waals surface area contributed by atoms with Crippen molar-refractivity contribution in [2.24, 2.45) is 0 Å². The maximum absolute atomic E-state index is 14.5. The van der Waals surface area contributed by atoms with Gasteiger partial charge in [0.15, 0.2) is 12.1 Å². The molecule has 0 aliphatic rings. The maximum atomic E-state index is 14.5. The highest BCUT2D eigenvalue weighted by molar-refractivity contribution is 5.77. The van der Waals surface area contributed by atoms with E-state index in [0.29, 0.717) is 31.1 Å². The van der Waals surface area contributed by atoms with Crippen molar-refractivity contribution in [3.63, 3.8) is 0 Å². The van der Waals surface area contributed by atoms with Gasteiger partial charge in [-0.05, 0) is 48.4 Å². The summed E-state index contributed by atoms with van der Waals surface area (Å²) in [7, 11) is 3.24. The number of methoxy groups -OCH3 is 2. The number of aromatic nitrogens is 4. The van der Waals surface area contributed by atoms with Crippen LogP contribution in [0.15, 0.2) is 60.8 Å². The van der Waals surface area contributed by atoms with Crippen molar-refractivity contribution in [1.29, 1.82) is 0 Å². The molecule has 0 unspecified atom stereocenters. The van der Waals surface area contributed by atoms with Crippen molar-refractivity contribution in [3.05, 3.63) is 89.3 Å². The minimum Gasteiger partial charge on any atom is -0.497 e. The van der Waals surface area contributed by atoms with E-state index in [1.807, 2.05) is 53.4 Å². The number of benzene rings is 2. The molecule has 2 aromatic carbocycles. The van der Waals surface area contributed by atoms with E-state index >= 15 is 0 Å². The first-order chi connectivity index (χ1) is 17.0. The molecule has 0 spiro atoms. The molecule has 0 N–H and O–H groups in total. The van der Waals surface area contributed by atoms with Crippen LogP contribution in [0.3, 0.4) is 0 Å². The van der Waals surface area contributed by atoms with Crippen LogP contribution in [0.5, 0.6) is 11.5 Å². The van der Waals surface area contributed by atoms with Crippen LogP contribution in [0.1, 0.15) is 27.3 Å². The van der Waals surface area contributed by atoms with Gasteiger partial charge in [0.25, 0.3) is 0 Å². The third kappa shape index (κ3) is 5.75. The first kappa shape index (κ1) is 23.7. The Bertz CT molecular complexity index is 1260. The number of rotatable bonds is 9. The zero-order valence-electron chi connectivity index (χ0n) is 19.6. The lowest BCUT2D eigenvalue weighted by Crippen LogP contribution is -2.25. The van der Waals surface area contributed by atoms with Crippen LogP contribution in [0.25, 0.3) is 11.4 Å². The molecule has 4 aromatic rings. The van der Waals surface area contributed by atoms with E-state index in [9.17, 15) is 9.18 Å². The zero-order chi connectivity index (χ0) is 24.8. The number of halogens is 1. The number of aldehydes is 1. The summed E-state index contributed by atoms with van der Waals surface area (Å²) in [5.41, 5.74) is 2.29. The van der Waals surface area contributed by atoms with Gasteiger partial charge in [0.2, 0.25) is 11.9 Å². The second-order valence-electron chi connectivity index (χ2n) is 7.78. The van der Waals surface area contributed by atoms with Gasteiger partial charge >= 0.3 is 0 Å². The number of ether oxygens (including phenoxy) is 2. The van der Waals surface area contributed by atoms with Crippen molar-refractivity contribution >= 4 is 12.2 Å². The van der Waals surface area contributed by atoms with Gasteiger partial charge < -0.3 is 14.4 Å². The van der Waals surface area contributed by atoms with Gasteiger partial charge in [-0.15, -0.1) is 0 Å². The maximum Gasteiger partial charge on any atom is 0.229 e. The second kappa shape index (κ2) is 10.7. The molecule has 2 heterocycles. The lowest BCUT2D eigenvalue weighted by atomic mass is 10.1. The first-order valence-electron chi connectivity index (χ1n) is 10.8. The van der Waals surface area contributed by atoms with E-state index in [-0.39, 0.29) is 17.0 Å². The zero-order valence-corrected chi connectivity index (χ0v) is 19.6. The van der Waals surface area contributed by atoms with E-state index in [2.05, 4.69) is 19.9 Å². The van der Waals surface area contributed by atoms with Crippen molar-refractivity contribution in [2.45, 2.75) is 20.0 Å². The van der Waals surface area contributed by atoms with Crippen molar-refractivity contribution < 1.29 is 18.7 Å². The number of carbonyl (C=O) groups excluding carboxylic acids is 1. The number of aryl methyl sites for hydroxylation is 1. The molecule has 0 saturated heterocycles. The lowest BCUT2D eigenvalue weighted by Gasteiger charge is -2.24. The molecule has 9 heteroatoms. The molecular weight excluding hydrogens is 449 g/mol. The summed E-state index contributed by atoms with van der Waals surface area (Å²) in [4.78, 5) is 30.2. The summed E-state index contributed by atoms with van der Waals surface area (Å²) in [5.74, 6) is 1.64. The highest BCUT2D eigenvalue weighted by atomic mass is 19.1. The van der Waals surface area contributed by atoms with E-state index < -0.39 is 5.95 Å². The third-order valence-electron chi connectivity index (χ3n) is 5.32. The predicted octanol–water partition coefficient (Wildman–Crippen LogP) is 4.42. The largest absolute Gasteiger partial charge is 0.497 e. The van der Waals surface area contributed by atoms with Gasteiger partial charge in [-0.2, -0.15) is 14.4 Å². The molecule has 2 aromatic heterocycles. The number of anilines is 1. The summed E-state index contributed by atoms with van der Waals surface area (Å²) in [6.07, 6.45) is 1.77. The molecule has 0 atom stereocenters. The Morgan fingerprint density at radius 2 is 1.46 bits per heavy atom. The molecule has 0 fully saturated rings. The molecule has 0 aliphatic heterocycles. The summed E-state index contributed by atoms with van der Waals surface area (Å²) < 4.78 is 25.1. The highest BCUT2D eigenvalue weighted by Gasteiger charge is 2.18. The normalized spacial score (nSPS) is 10.6. The predicted molar refractivity (Wildman–Crippen MR) is 129 cm³/mol. The number of nitrogens with zero attached hydrogens (tertiary/aromatic N) is 5. The number of hydrogen-bond acceptors (Lipinski definition) is 8. The molecule has 35 heavy (non-hydrogen) atoms. The SMILES string of the molecule is COc1ccc(CN(Cc2ccc(OC)cc2)c2nc(C)nc(-c3cc(C=O)cnc3F)n2)cc1. The second-order valence-corrected chi connectivity index (χ2v) is 7.78. The van der Waals surface area contributed by atoms with Crippen LogP contribution in [0, 0.1) is 12.9 Å². The monoisotopic (exact) mass is 473 g/mol. The molecule has 0 amide bonds. The summed E-state index contributed by atoms with van der Waals surface area (Å²) >= 11 is 0. The van der Waals surface area contributed by atoms with Gasteiger partial charge in [-0.3, -0.25) is 4.79 Å². The minimum absolute atomic E-state index is 0.0372. The Morgan fingerprint density at radius 1 is 0.886 bits per heavy atom. The Kier molecular flexibility index (Phi) is 7.25. The molecule has 0 bridgehead atoms. The fourth-order valence-electron chi connectivity index (χ4n) is 3.52. The van der Waals surface area contributed by atoms with Crippen LogP contribution < -0.4 is 14.4 Å². The molecule has 8 nitrogen and oxygen atoms in total. The van der Waals surface area contributed by atoms with Crippen LogP contribution in [0.4, 0.5) is 10.3 Å². The number of carbonyl (C=O) groups is 1. The molecule has 0 aliphatic carbocycles. The fourth-order valence-corrected chi connectivity index (χ4v) is 3.52. The molecule has 0 saturated carbocycles. The van der Waals surface area contributed by atoms with Gasteiger partial charge in [0.1, 0.15) is 17.3 Å². The fraction of sp³-hybridized carbons (Fsp3) is 0.192. The van der Waals surface area contributed by atoms with Crippen molar-refractivity contribution in [2.75, 3.05) is 19.1 Å². The van der Waals surface area contributed by atoms with E-state index in [1.165, 1.54) is 12.3 Å². The van der Waals surface area contributed by atoms with Crippen LogP contribution in [0.2, 0.25) is 0 Å². The quantitative estimate of drug-likeness (QED) is 0.261. The third-order valence-corrected chi connectivity index (χ3v) is 5.32. The van der Waals surface area contributed by atoms with Crippen LogP contribution in [-0.2, 0) is 13.1 Å².